The Hall–Kier alpha value is -1.51. The first-order chi connectivity index (χ1) is 8.76. The van der Waals surface area contributed by atoms with Crippen molar-refractivity contribution in [3.8, 4) is 16.9 Å². The van der Waals surface area contributed by atoms with E-state index in [0.29, 0.717) is 6.54 Å². The zero-order chi connectivity index (χ0) is 13.0. The molecule has 0 saturated heterocycles. The number of hydrogen-bond donors (Lipinski definition) is 1. The molecule has 2 N–H and O–H groups in total. The predicted octanol–water partition coefficient (Wildman–Crippen LogP) is 3.52. The van der Waals surface area contributed by atoms with Crippen LogP contribution in [-0.2, 0) is 6.42 Å². The Morgan fingerprint density at radius 1 is 1.11 bits per heavy atom. The van der Waals surface area contributed by atoms with E-state index < -0.39 is 0 Å². The number of halogens is 1. The second-order valence-electron chi connectivity index (χ2n) is 4.05. The molecule has 0 fully saturated rings. The topological polar surface area (TPSA) is 35.2 Å². The molecule has 2 rings (SSSR count). The summed E-state index contributed by atoms with van der Waals surface area (Å²) < 4.78 is 5.40. The van der Waals surface area contributed by atoms with Crippen LogP contribution in [0.5, 0.6) is 5.75 Å². The van der Waals surface area contributed by atoms with Crippen LogP contribution in [0.1, 0.15) is 5.56 Å². The Kier molecular flexibility index (Phi) is 4.24. The van der Waals surface area contributed by atoms with Crippen LogP contribution in [0, 0.1) is 0 Å². The van der Waals surface area contributed by atoms with Crippen LogP contribution < -0.4 is 10.5 Å². The average molecular weight is 262 g/mol. The average Bonchev–Trinajstić information content (AvgIpc) is 2.40. The van der Waals surface area contributed by atoms with Gasteiger partial charge in [-0.05, 0) is 36.7 Å². The van der Waals surface area contributed by atoms with Gasteiger partial charge in [0.25, 0.3) is 0 Å². The molecule has 0 aromatic heterocycles. The maximum absolute atomic E-state index is 6.24. The van der Waals surface area contributed by atoms with Crippen molar-refractivity contribution in [2.45, 2.75) is 6.42 Å². The summed E-state index contributed by atoms with van der Waals surface area (Å²) in [5.74, 6) is 0.823. The van der Waals surface area contributed by atoms with E-state index in [2.05, 4.69) is 6.07 Å². The first kappa shape index (κ1) is 12.9. The lowest BCUT2D eigenvalue weighted by Gasteiger charge is -2.12. The molecule has 2 aromatic carbocycles. The van der Waals surface area contributed by atoms with Crippen molar-refractivity contribution in [1.82, 2.24) is 0 Å². The number of nitrogens with two attached hydrogens (primary N) is 1. The molecule has 2 nitrogen and oxygen atoms in total. The molecule has 0 aliphatic carbocycles. The molecule has 0 aliphatic rings. The minimum absolute atomic E-state index is 0.633. The van der Waals surface area contributed by atoms with Crippen LogP contribution >= 0.6 is 11.6 Å². The third-order valence-electron chi connectivity index (χ3n) is 2.86. The van der Waals surface area contributed by atoms with Gasteiger partial charge in [0.2, 0.25) is 0 Å². The quantitative estimate of drug-likeness (QED) is 0.914. The summed E-state index contributed by atoms with van der Waals surface area (Å²) in [4.78, 5) is 0. The first-order valence-corrected chi connectivity index (χ1v) is 6.26. The van der Waals surface area contributed by atoms with E-state index in [1.807, 2.05) is 36.4 Å². The number of rotatable bonds is 4. The van der Waals surface area contributed by atoms with Crippen LogP contribution in [0.15, 0.2) is 42.5 Å². The van der Waals surface area contributed by atoms with Gasteiger partial charge >= 0.3 is 0 Å². The molecule has 3 heteroatoms. The minimum atomic E-state index is 0.633. The summed E-state index contributed by atoms with van der Waals surface area (Å²) in [6.45, 7) is 0.633. The summed E-state index contributed by atoms with van der Waals surface area (Å²) in [5.41, 5.74) is 8.77. The standard InChI is InChI=1S/C15H16ClNO/c1-18-15-7-6-11(8-9-17)10-13(15)12-4-2-3-5-14(12)16/h2-7,10H,8-9,17H2,1H3. The molecule has 0 atom stereocenters. The third kappa shape index (κ3) is 2.66. The van der Waals surface area contributed by atoms with Crippen LogP contribution in [0.25, 0.3) is 11.1 Å². The van der Waals surface area contributed by atoms with Crippen molar-refractivity contribution in [2.75, 3.05) is 13.7 Å². The monoisotopic (exact) mass is 261 g/mol. The molecular weight excluding hydrogens is 246 g/mol. The number of ether oxygens (including phenoxy) is 1. The highest BCUT2D eigenvalue weighted by Crippen LogP contribution is 2.35. The highest BCUT2D eigenvalue weighted by molar-refractivity contribution is 6.33. The highest BCUT2D eigenvalue weighted by atomic mass is 35.5. The molecule has 0 amide bonds. The number of hydrogen-bond acceptors (Lipinski definition) is 2. The third-order valence-corrected chi connectivity index (χ3v) is 3.19. The van der Waals surface area contributed by atoms with E-state index in [1.54, 1.807) is 7.11 Å². The number of methoxy groups -OCH3 is 1. The second-order valence-corrected chi connectivity index (χ2v) is 4.46. The molecular formula is C15H16ClNO. The van der Waals surface area contributed by atoms with Crippen LogP contribution in [0.2, 0.25) is 5.02 Å². The SMILES string of the molecule is COc1ccc(CCN)cc1-c1ccccc1Cl. The van der Waals surface area contributed by atoms with E-state index >= 15 is 0 Å². The Morgan fingerprint density at radius 3 is 2.56 bits per heavy atom. The predicted molar refractivity (Wildman–Crippen MR) is 76.2 cm³/mol. The largest absolute Gasteiger partial charge is 0.496 e. The molecule has 0 bridgehead atoms. The van der Waals surface area contributed by atoms with E-state index in [-0.39, 0.29) is 0 Å². The highest BCUT2D eigenvalue weighted by Gasteiger charge is 2.09. The summed E-state index contributed by atoms with van der Waals surface area (Å²) in [5, 5.41) is 0.723. The van der Waals surface area contributed by atoms with E-state index in [9.17, 15) is 0 Å². The molecule has 0 unspecified atom stereocenters. The molecule has 0 aliphatic heterocycles. The molecule has 0 radical (unpaired) electrons. The summed E-state index contributed by atoms with van der Waals surface area (Å²) in [6.07, 6.45) is 0.849. The Balaban J connectivity index is 2.53. The smallest absolute Gasteiger partial charge is 0.126 e. The molecule has 94 valence electrons. The van der Waals surface area contributed by atoms with Gasteiger partial charge in [0, 0.05) is 16.1 Å². The summed E-state index contributed by atoms with van der Waals surface area (Å²) >= 11 is 6.24. The van der Waals surface area contributed by atoms with Gasteiger partial charge in [0.05, 0.1) is 7.11 Å². The zero-order valence-electron chi connectivity index (χ0n) is 10.3. The van der Waals surface area contributed by atoms with Gasteiger partial charge in [-0.15, -0.1) is 0 Å². The Labute approximate surface area is 112 Å². The lowest BCUT2D eigenvalue weighted by Crippen LogP contribution is -2.03. The minimum Gasteiger partial charge on any atom is -0.496 e. The molecule has 18 heavy (non-hydrogen) atoms. The van der Waals surface area contributed by atoms with Gasteiger partial charge in [-0.1, -0.05) is 35.9 Å². The lowest BCUT2D eigenvalue weighted by molar-refractivity contribution is 0.416. The van der Waals surface area contributed by atoms with Crippen molar-refractivity contribution in [3.05, 3.63) is 53.1 Å². The van der Waals surface area contributed by atoms with Gasteiger partial charge in [-0.3, -0.25) is 0 Å². The molecule has 0 saturated carbocycles. The van der Waals surface area contributed by atoms with Crippen molar-refractivity contribution in [2.24, 2.45) is 5.73 Å². The van der Waals surface area contributed by atoms with Gasteiger partial charge in [-0.25, -0.2) is 0 Å². The summed E-state index contributed by atoms with van der Waals surface area (Å²) in [7, 11) is 1.66. The normalized spacial score (nSPS) is 10.4. The maximum atomic E-state index is 6.24. The van der Waals surface area contributed by atoms with E-state index in [0.717, 1.165) is 28.3 Å². The van der Waals surface area contributed by atoms with Gasteiger partial charge in [-0.2, -0.15) is 0 Å². The fraction of sp³-hybridized carbons (Fsp3) is 0.200. The first-order valence-electron chi connectivity index (χ1n) is 5.88. The number of benzene rings is 2. The van der Waals surface area contributed by atoms with Crippen molar-refractivity contribution < 1.29 is 4.74 Å². The van der Waals surface area contributed by atoms with Crippen molar-refractivity contribution >= 4 is 11.6 Å². The Morgan fingerprint density at radius 2 is 1.89 bits per heavy atom. The molecule has 2 aromatic rings. The molecule has 0 spiro atoms. The van der Waals surface area contributed by atoms with Gasteiger partial charge < -0.3 is 10.5 Å². The summed E-state index contributed by atoms with van der Waals surface area (Å²) in [6, 6.07) is 13.8. The lowest BCUT2D eigenvalue weighted by atomic mass is 10.0. The second kappa shape index (κ2) is 5.89. The van der Waals surface area contributed by atoms with Crippen molar-refractivity contribution in [3.63, 3.8) is 0 Å². The molecule has 0 heterocycles. The maximum Gasteiger partial charge on any atom is 0.126 e. The van der Waals surface area contributed by atoms with Crippen LogP contribution in [-0.4, -0.2) is 13.7 Å². The fourth-order valence-corrected chi connectivity index (χ4v) is 2.20. The Bertz CT molecular complexity index is 540. The zero-order valence-corrected chi connectivity index (χ0v) is 11.1. The van der Waals surface area contributed by atoms with Crippen molar-refractivity contribution in [1.29, 1.82) is 0 Å². The van der Waals surface area contributed by atoms with Crippen LogP contribution in [0.3, 0.4) is 0 Å². The van der Waals surface area contributed by atoms with Crippen LogP contribution in [0.4, 0.5) is 0 Å². The fourth-order valence-electron chi connectivity index (χ4n) is 1.97. The van der Waals surface area contributed by atoms with Gasteiger partial charge in [0.1, 0.15) is 5.75 Å². The van der Waals surface area contributed by atoms with E-state index in [4.69, 9.17) is 22.1 Å². The van der Waals surface area contributed by atoms with Gasteiger partial charge in [0.15, 0.2) is 0 Å². The van der Waals surface area contributed by atoms with E-state index in [1.165, 1.54) is 5.56 Å².